The first-order chi connectivity index (χ1) is 16.1. The number of rotatable bonds is 8. The summed E-state index contributed by atoms with van der Waals surface area (Å²) in [6, 6.07) is 32.0. The fourth-order valence-corrected chi connectivity index (χ4v) is 4.85. The minimum absolute atomic E-state index is 0.225. The fourth-order valence-electron chi connectivity index (χ4n) is 4.85. The van der Waals surface area contributed by atoms with Gasteiger partial charge in [0.25, 0.3) is 0 Å². The Morgan fingerprint density at radius 3 is 1.33 bits per heavy atom. The summed E-state index contributed by atoms with van der Waals surface area (Å²) in [7, 11) is 0. The lowest BCUT2D eigenvalue weighted by atomic mass is 9.62. The Kier molecular flexibility index (Phi) is 6.46. The Morgan fingerprint density at radius 2 is 0.970 bits per heavy atom. The molecule has 33 heavy (non-hydrogen) atoms. The van der Waals surface area contributed by atoms with Crippen molar-refractivity contribution in [1.82, 2.24) is 0 Å². The number of aromatic hydroxyl groups is 2. The second-order valence-corrected chi connectivity index (χ2v) is 8.15. The first-order valence-corrected chi connectivity index (χ1v) is 11.1. The number of hydrogen-bond acceptors (Lipinski definition) is 2. The van der Waals surface area contributed by atoms with Crippen molar-refractivity contribution >= 4 is 0 Å². The SMILES string of the molecule is C=CCc1cc(O)ccc1C(c1ccccc1)(c1ccccc1)c1ccc(O)cc1CC=C. The molecular weight excluding hydrogens is 404 g/mol. The Morgan fingerprint density at radius 1 is 0.576 bits per heavy atom. The highest BCUT2D eigenvalue weighted by molar-refractivity contribution is 5.64. The molecule has 0 unspecified atom stereocenters. The van der Waals surface area contributed by atoms with Crippen LogP contribution in [0.25, 0.3) is 0 Å². The van der Waals surface area contributed by atoms with Gasteiger partial charge in [-0.3, -0.25) is 0 Å². The van der Waals surface area contributed by atoms with Crippen molar-refractivity contribution in [1.29, 1.82) is 0 Å². The normalized spacial score (nSPS) is 11.2. The van der Waals surface area contributed by atoms with Gasteiger partial charge < -0.3 is 10.2 Å². The lowest BCUT2D eigenvalue weighted by molar-refractivity contribution is 0.473. The molecule has 4 aromatic carbocycles. The smallest absolute Gasteiger partial charge is 0.115 e. The summed E-state index contributed by atoms with van der Waals surface area (Å²) in [5, 5.41) is 20.7. The standard InChI is InChI=1S/C31H28O2/c1-3-11-23-21-27(32)17-19-29(23)31(25-13-7-5-8-14-25,26-15-9-6-10-16-26)30-20-18-28(33)22-24(30)12-4-2/h3-10,13-22,32-33H,1-2,11-12H2. The van der Waals surface area contributed by atoms with Crippen molar-refractivity contribution in [2.45, 2.75) is 18.3 Å². The van der Waals surface area contributed by atoms with Crippen molar-refractivity contribution in [3.05, 3.63) is 156 Å². The largest absolute Gasteiger partial charge is 0.508 e. The zero-order valence-electron chi connectivity index (χ0n) is 18.6. The Bertz CT molecular complexity index is 1160. The van der Waals surface area contributed by atoms with Gasteiger partial charge in [0.05, 0.1) is 5.41 Å². The third-order valence-electron chi connectivity index (χ3n) is 6.13. The van der Waals surface area contributed by atoms with Crippen molar-refractivity contribution in [2.75, 3.05) is 0 Å². The van der Waals surface area contributed by atoms with Gasteiger partial charge in [0.1, 0.15) is 11.5 Å². The van der Waals surface area contributed by atoms with E-state index in [1.807, 2.05) is 72.8 Å². The summed E-state index contributed by atoms with van der Waals surface area (Å²) in [5.41, 5.74) is 5.64. The number of phenols is 2. The van der Waals surface area contributed by atoms with Gasteiger partial charge >= 0.3 is 0 Å². The highest BCUT2D eigenvalue weighted by Gasteiger charge is 2.41. The summed E-state index contributed by atoms with van der Waals surface area (Å²) in [6.45, 7) is 7.92. The Balaban J connectivity index is 2.23. The van der Waals surface area contributed by atoms with Crippen LogP contribution in [0.5, 0.6) is 11.5 Å². The van der Waals surface area contributed by atoms with E-state index in [9.17, 15) is 10.2 Å². The summed E-state index contributed by atoms with van der Waals surface area (Å²) in [5.74, 6) is 0.449. The van der Waals surface area contributed by atoms with E-state index in [1.54, 1.807) is 12.1 Å². The van der Waals surface area contributed by atoms with Gasteiger partial charge in [-0.15, -0.1) is 13.2 Å². The molecule has 2 nitrogen and oxygen atoms in total. The first kappa shape index (κ1) is 22.2. The van der Waals surface area contributed by atoms with Crippen molar-refractivity contribution < 1.29 is 10.2 Å². The van der Waals surface area contributed by atoms with Gasteiger partial charge in [-0.1, -0.05) is 84.9 Å². The van der Waals surface area contributed by atoms with Gasteiger partial charge in [0.2, 0.25) is 0 Å². The summed E-state index contributed by atoms with van der Waals surface area (Å²) in [4.78, 5) is 0. The zero-order valence-corrected chi connectivity index (χ0v) is 18.6. The molecule has 0 bridgehead atoms. The molecule has 0 atom stereocenters. The van der Waals surface area contributed by atoms with E-state index in [-0.39, 0.29) is 11.5 Å². The zero-order chi connectivity index (χ0) is 23.3. The maximum absolute atomic E-state index is 10.3. The van der Waals surface area contributed by atoms with Crippen molar-refractivity contribution in [2.24, 2.45) is 0 Å². The monoisotopic (exact) mass is 432 g/mol. The van der Waals surface area contributed by atoms with Crippen molar-refractivity contribution in [3.8, 4) is 11.5 Å². The van der Waals surface area contributed by atoms with Crippen molar-refractivity contribution in [3.63, 3.8) is 0 Å². The highest BCUT2D eigenvalue weighted by Crippen LogP contribution is 2.48. The van der Waals surface area contributed by atoms with Crippen LogP contribution in [0.2, 0.25) is 0 Å². The third kappa shape index (κ3) is 4.08. The van der Waals surface area contributed by atoms with Gasteiger partial charge in [0, 0.05) is 0 Å². The van der Waals surface area contributed by atoms with Crippen LogP contribution < -0.4 is 0 Å². The Hall–Kier alpha value is -4.04. The lowest BCUT2D eigenvalue weighted by Gasteiger charge is -2.39. The van der Waals surface area contributed by atoms with Gasteiger partial charge in [-0.25, -0.2) is 0 Å². The van der Waals surface area contributed by atoms with Crippen LogP contribution in [0.1, 0.15) is 33.4 Å². The van der Waals surface area contributed by atoms with Crippen LogP contribution in [0.15, 0.2) is 122 Å². The summed E-state index contributed by atoms with van der Waals surface area (Å²) < 4.78 is 0. The molecule has 0 spiro atoms. The average Bonchev–Trinajstić information content (AvgIpc) is 2.83. The molecule has 0 saturated carbocycles. The van der Waals surface area contributed by atoms with E-state index in [4.69, 9.17) is 0 Å². The third-order valence-corrected chi connectivity index (χ3v) is 6.13. The molecule has 0 heterocycles. The molecule has 0 aliphatic heterocycles. The van der Waals surface area contributed by atoms with Crippen LogP contribution in [0.3, 0.4) is 0 Å². The minimum atomic E-state index is -0.680. The van der Waals surface area contributed by atoms with E-state index in [0.29, 0.717) is 12.8 Å². The molecule has 4 aromatic rings. The predicted octanol–water partition coefficient (Wildman–Crippen LogP) is 6.94. The molecule has 0 aliphatic rings. The van der Waals surface area contributed by atoms with Crippen LogP contribution in [-0.2, 0) is 18.3 Å². The van der Waals surface area contributed by atoms with E-state index in [1.165, 1.54) is 0 Å². The van der Waals surface area contributed by atoms with Gasteiger partial charge in [-0.2, -0.15) is 0 Å². The van der Waals surface area contributed by atoms with Crippen LogP contribution in [0.4, 0.5) is 0 Å². The van der Waals surface area contributed by atoms with Gasteiger partial charge in [0.15, 0.2) is 0 Å². The molecule has 2 heteroatoms. The topological polar surface area (TPSA) is 40.5 Å². The van der Waals surface area contributed by atoms with Crippen LogP contribution in [-0.4, -0.2) is 10.2 Å². The summed E-state index contributed by atoms with van der Waals surface area (Å²) in [6.07, 6.45) is 4.95. The quantitative estimate of drug-likeness (QED) is 0.234. The second kappa shape index (κ2) is 9.62. The number of hydrogen-bond donors (Lipinski definition) is 2. The number of benzene rings is 4. The van der Waals surface area contributed by atoms with Crippen LogP contribution >= 0.6 is 0 Å². The maximum Gasteiger partial charge on any atom is 0.115 e. The van der Waals surface area contributed by atoms with E-state index in [2.05, 4.69) is 37.4 Å². The van der Waals surface area contributed by atoms with E-state index in [0.717, 1.165) is 33.4 Å². The molecule has 4 rings (SSSR count). The molecule has 2 N–H and O–H groups in total. The molecule has 0 aliphatic carbocycles. The molecule has 0 aromatic heterocycles. The van der Waals surface area contributed by atoms with E-state index >= 15 is 0 Å². The first-order valence-electron chi connectivity index (χ1n) is 11.1. The molecular formula is C31H28O2. The van der Waals surface area contributed by atoms with E-state index < -0.39 is 5.41 Å². The number of phenolic OH excluding ortho intramolecular Hbond substituents is 2. The average molecular weight is 433 g/mol. The predicted molar refractivity (Wildman–Crippen MR) is 136 cm³/mol. The summed E-state index contributed by atoms with van der Waals surface area (Å²) >= 11 is 0. The second-order valence-electron chi connectivity index (χ2n) is 8.15. The molecule has 0 saturated heterocycles. The van der Waals surface area contributed by atoms with Crippen LogP contribution in [0, 0.1) is 0 Å². The fraction of sp³-hybridized carbons (Fsp3) is 0.0968. The number of allylic oxidation sites excluding steroid dienone is 2. The minimum Gasteiger partial charge on any atom is -0.508 e. The molecule has 0 amide bonds. The maximum atomic E-state index is 10.3. The highest BCUT2D eigenvalue weighted by atomic mass is 16.3. The van der Waals surface area contributed by atoms with Gasteiger partial charge in [-0.05, 0) is 70.5 Å². The molecule has 164 valence electrons. The Labute approximate surface area is 195 Å². The lowest BCUT2D eigenvalue weighted by Crippen LogP contribution is -2.33. The molecule has 0 radical (unpaired) electrons. The molecule has 0 fully saturated rings.